The second-order valence-corrected chi connectivity index (χ2v) is 7.77. The van der Waals surface area contributed by atoms with Gasteiger partial charge in [-0.15, -0.1) is 5.10 Å². The summed E-state index contributed by atoms with van der Waals surface area (Å²) in [5.41, 5.74) is 5.87. The lowest BCUT2D eigenvalue weighted by molar-refractivity contribution is 0.378. The molecule has 0 saturated heterocycles. The molecular formula is C23H27FN6. The summed E-state index contributed by atoms with van der Waals surface area (Å²) in [6, 6.07) is 8.99. The molecule has 6 nitrogen and oxygen atoms in total. The van der Waals surface area contributed by atoms with Gasteiger partial charge in [0, 0.05) is 24.8 Å². The smallest absolute Gasteiger partial charge is 0.142 e. The lowest BCUT2D eigenvalue weighted by atomic mass is 10.0. The van der Waals surface area contributed by atoms with Crippen molar-refractivity contribution in [1.29, 1.82) is 0 Å². The molecule has 2 aromatic heterocycles. The molecule has 1 N–H and O–H groups in total. The Morgan fingerprint density at radius 2 is 2.17 bits per heavy atom. The van der Waals surface area contributed by atoms with Crippen LogP contribution in [-0.4, -0.2) is 25.6 Å². The van der Waals surface area contributed by atoms with Crippen LogP contribution in [0.5, 0.6) is 0 Å². The second-order valence-electron chi connectivity index (χ2n) is 7.77. The van der Waals surface area contributed by atoms with E-state index in [1.165, 1.54) is 11.8 Å². The average molecular weight is 407 g/mol. The number of fused-ring (bicyclic) bond motifs is 1. The Bertz CT molecular complexity index is 1160. The van der Waals surface area contributed by atoms with Gasteiger partial charge in [-0.2, -0.15) is 0 Å². The summed E-state index contributed by atoms with van der Waals surface area (Å²) >= 11 is 0. The van der Waals surface area contributed by atoms with Gasteiger partial charge in [0.2, 0.25) is 0 Å². The van der Waals surface area contributed by atoms with E-state index >= 15 is 0 Å². The summed E-state index contributed by atoms with van der Waals surface area (Å²) in [7, 11) is 1.95. The van der Waals surface area contributed by atoms with Gasteiger partial charge in [0.1, 0.15) is 17.1 Å². The topological polar surface area (TPSA) is 60.0 Å². The molecular weight excluding hydrogens is 379 g/mol. The third-order valence-corrected chi connectivity index (χ3v) is 5.61. The Kier molecular flexibility index (Phi) is 5.53. The zero-order chi connectivity index (χ0) is 21.3. The van der Waals surface area contributed by atoms with Gasteiger partial charge in [-0.3, -0.25) is 0 Å². The number of benzene rings is 1. The maximum absolute atomic E-state index is 13.6. The predicted molar refractivity (Wildman–Crippen MR) is 115 cm³/mol. The summed E-state index contributed by atoms with van der Waals surface area (Å²) in [4.78, 5) is 4.79. The van der Waals surface area contributed by atoms with Crippen molar-refractivity contribution in [3.8, 4) is 11.1 Å². The molecule has 0 fully saturated rings. The van der Waals surface area contributed by atoms with Crippen molar-refractivity contribution < 1.29 is 4.39 Å². The Hall–Kier alpha value is -3.22. The Morgan fingerprint density at radius 3 is 2.93 bits per heavy atom. The summed E-state index contributed by atoms with van der Waals surface area (Å²) in [5, 5.41) is 12.0. The molecule has 1 unspecified atom stereocenters. The summed E-state index contributed by atoms with van der Waals surface area (Å²) < 4.78 is 17.5. The molecule has 0 saturated carbocycles. The first-order valence-electron chi connectivity index (χ1n) is 10.3. The summed E-state index contributed by atoms with van der Waals surface area (Å²) in [6.07, 6.45) is 4.79. The lowest BCUT2D eigenvalue weighted by Crippen LogP contribution is -2.37. The number of pyridine rings is 1. The molecule has 7 heteroatoms. The Balaban J connectivity index is 1.60. The first-order chi connectivity index (χ1) is 14.5. The molecule has 3 heterocycles. The van der Waals surface area contributed by atoms with Crippen molar-refractivity contribution in [3.63, 3.8) is 0 Å². The summed E-state index contributed by atoms with van der Waals surface area (Å²) in [6.45, 7) is 8.90. The van der Waals surface area contributed by atoms with E-state index in [4.69, 9.17) is 4.99 Å². The molecule has 1 aliphatic heterocycles. The van der Waals surface area contributed by atoms with Crippen molar-refractivity contribution in [2.24, 2.45) is 12.0 Å². The quantitative estimate of drug-likeness (QED) is 0.708. The maximum atomic E-state index is 13.6. The van der Waals surface area contributed by atoms with Gasteiger partial charge in [-0.1, -0.05) is 24.8 Å². The zero-order valence-electron chi connectivity index (χ0n) is 17.7. The van der Waals surface area contributed by atoms with E-state index in [2.05, 4.69) is 29.1 Å². The first kappa shape index (κ1) is 20.1. The largest absolute Gasteiger partial charge is 0.366 e. The van der Waals surface area contributed by atoms with Crippen LogP contribution >= 0.6 is 0 Å². The van der Waals surface area contributed by atoms with Gasteiger partial charge in [0.05, 0.1) is 17.9 Å². The van der Waals surface area contributed by atoms with E-state index in [-0.39, 0.29) is 11.9 Å². The second kappa shape index (κ2) is 8.26. The van der Waals surface area contributed by atoms with Gasteiger partial charge in [0.25, 0.3) is 0 Å². The number of nitrogens with one attached hydrogen (secondary N) is 1. The fourth-order valence-electron chi connectivity index (χ4n) is 4.07. The standard InChI is InChI=1S/C23H27FN6/c1-5-21-22-11-9-18(14-30(22)28-27-21)25-16(3)26-23-20(7-6-12-29(23)4)19-10-8-17(24)13-15(19)2/h6-8,10,12-13,18,25H,3,5,9,11,14H2,1-2,4H3. The predicted octanol–water partition coefficient (Wildman–Crippen LogP) is 3.27. The molecule has 0 bridgehead atoms. The van der Waals surface area contributed by atoms with E-state index < -0.39 is 0 Å². The minimum Gasteiger partial charge on any atom is -0.366 e. The van der Waals surface area contributed by atoms with Crippen LogP contribution in [0.2, 0.25) is 0 Å². The van der Waals surface area contributed by atoms with Gasteiger partial charge in [-0.25, -0.2) is 14.1 Å². The first-order valence-corrected chi connectivity index (χ1v) is 10.3. The molecule has 0 amide bonds. The van der Waals surface area contributed by atoms with Crippen molar-refractivity contribution in [1.82, 2.24) is 24.9 Å². The van der Waals surface area contributed by atoms with Gasteiger partial charge in [0.15, 0.2) is 0 Å². The molecule has 1 aliphatic rings. The molecule has 0 radical (unpaired) electrons. The van der Waals surface area contributed by atoms with Crippen LogP contribution < -0.4 is 10.8 Å². The molecule has 30 heavy (non-hydrogen) atoms. The number of aryl methyl sites for hydroxylation is 3. The highest BCUT2D eigenvalue weighted by atomic mass is 19.1. The highest BCUT2D eigenvalue weighted by Gasteiger charge is 2.22. The fraction of sp³-hybridized carbons (Fsp3) is 0.348. The van der Waals surface area contributed by atoms with Crippen molar-refractivity contribution in [3.05, 3.63) is 77.2 Å². The van der Waals surface area contributed by atoms with Crippen LogP contribution in [0.25, 0.3) is 11.1 Å². The minimum atomic E-state index is -0.239. The van der Waals surface area contributed by atoms with E-state index in [0.29, 0.717) is 5.82 Å². The SMILES string of the molecule is C=C(N=c1c(-c2ccc(F)cc2C)cccn1C)NC1CCc2c(CC)nnn2C1. The van der Waals surface area contributed by atoms with Crippen LogP contribution in [0.4, 0.5) is 4.39 Å². The molecule has 1 atom stereocenters. The molecule has 0 spiro atoms. The summed E-state index contributed by atoms with van der Waals surface area (Å²) in [5.74, 6) is 0.360. The molecule has 0 aliphatic carbocycles. The number of halogens is 1. The third kappa shape index (κ3) is 3.92. The van der Waals surface area contributed by atoms with Gasteiger partial charge < -0.3 is 9.88 Å². The number of aromatic nitrogens is 4. The minimum absolute atomic E-state index is 0.199. The monoisotopic (exact) mass is 406 g/mol. The zero-order valence-corrected chi connectivity index (χ0v) is 17.7. The fourth-order valence-corrected chi connectivity index (χ4v) is 4.07. The molecule has 156 valence electrons. The normalized spacial score (nSPS) is 16.4. The van der Waals surface area contributed by atoms with Crippen LogP contribution in [-0.2, 0) is 26.4 Å². The third-order valence-electron chi connectivity index (χ3n) is 5.61. The van der Waals surface area contributed by atoms with Crippen LogP contribution in [0.1, 0.15) is 30.3 Å². The van der Waals surface area contributed by atoms with Gasteiger partial charge >= 0.3 is 0 Å². The molecule has 3 aromatic rings. The molecule has 1 aromatic carbocycles. The number of hydrogen-bond donors (Lipinski definition) is 1. The van der Waals surface area contributed by atoms with E-state index in [0.717, 1.165) is 53.7 Å². The number of rotatable bonds is 5. The molecule has 4 rings (SSSR count). The van der Waals surface area contributed by atoms with Crippen molar-refractivity contribution in [2.45, 2.75) is 45.7 Å². The number of hydrogen-bond acceptors (Lipinski definition) is 4. The highest BCUT2D eigenvalue weighted by molar-refractivity contribution is 5.66. The van der Waals surface area contributed by atoms with E-state index in [1.54, 1.807) is 12.1 Å². The van der Waals surface area contributed by atoms with E-state index in [1.807, 2.05) is 41.5 Å². The maximum Gasteiger partial charge on any atom is 0.142 e. The lowest BCUT2D eigenvalue weighted by Gasteiger charge is -2.25. The van der Waals surface area contributed by atoms with Crippen LogP contribution in [0, 0.1) is 12.7 Å². The van der Waals surface area contributed by atoms with Crippen LogP contribution in [0.15, 0.2) is 53.9 Å². The van der Waals surface area contributed by atoms with Gasteiger partial charge in [-0.05, 0) is 61.6 Å². The Morgan fingerprint density at radius 1 is 1.33 bits per heavy atom. The highest BCUT2D eigenvalue weighted by Crippen LogP contribution is 2.21. The number of nitrogens with zero attached hydrogens (tertiary/aromatic N) is 5. The Labute approximate surface area is 175 Å². The average Bonchev–Trinajstić information content (AvgIpc) is 3.12. The van der Waals surface area contributed by atoms with E-state index in [9.17, 15) is 4.39 Å². The van der Waals surface area contributed by atoms with Crippen molar-refractivity contribution >= 4 is 0 Å². The van der Waals surface area contributed by atoms with Crippen LogP contribution in [0.3, 0.4) is 0 Å². The van der Waals surface area contributed by atoms with Crippen molar-refractivity contribution in [2.75, 3.05) is 0 Å².